The normalized spacial score (nSPS) is 10.3. The van der Waals surface area contributed by atoms with Gasteiger partial charge in [0.25, 0.3) is 5.69 Å². The van der Waals surface area contributed by atoms with Crippen LogP contribution in [-0.4, -0.2) is 16.5 Å². The number of carbonyl (C=O) groups is 2. The second-order valence-electron chi connectivity index (χ2n) is 5.53. The Morgan fingerprint density at radius 3 is 1.83 bits per heavy atom. The van der Waals surface area contributed by atoms with Crippen LogP contribution >= 0.6 is 0 Å². The van der Waals surface area contributed by atoms with Gasteiger partial charge in [0.1, 0.15) is 0 Å². The van der Waals surface area contributed by atoms with E-state index in [-0.39, 0.29) is 30.1 Å². The fraction of sp³-hybridized carbons (Fsp3) is 0.222. The summed E-state index contributed by atoms with van der Waals surface area (Å²) in [5, 5.41) is 10.6. The topological polar surface area (TPSA) is 77.3 Å². The van der Waals surface area contributed by atoms with Crippen molar-refractivity contribution in [2.45, 2.75) is 26.7 Å². The fourth-order valence-electron chi connectivity index (χ4n) is 2.42. The van der Waals surface area contributed by atoms with Crippen LogP contribution in [-0.2, 0) is 0 Å². The summed E-state index contributed by atoms with van der Waals surface area (Å²) in [6.07, 6.45) is 0.211. The zero-order valence-electron chi connectivity index (χ0n) is 13.0. The Balaban J connectivity index is 2.00. The van der Waals surface area contributed by atoms with Gasteiger partial charge in [0.2, 0.25) is 0 Å². The van der Waals surface area contributed by atoms with Crippen LogP contribution in [0.3, 0.4) is 0 Å². The average molecular weight is 311 g/mol. The first kappa shape index (κ1) is 16.5. The number of nitrogens with zero attached hydrogens (tertiary/aromatic N) is 1. The lowest BCUT2D eigenvalue weighted by molar-refractivity contribution is -0.384. The predicted molar refractivity (Wildman–Crippen MR) is 86.9 cm³/mol. The van der Waals surface area contributed by atoms with E-state index in [4.69, 9.17) is 0 Å². The number of aryl methyl sites for hydroxylation is 2. The summed E-state index contributed by atoms with van der Waals surface area (Å²) in [5.74, 6) is -0.273. The Bertz CT molecular complexity index is 743. The molecule has 0 saturated heterocycles. The number of hydrogen-bond donors (Lipinski definition) is 0. The third-order valence-electron chi connectivity index (χ3n) is 3.52. The zero-order valence-corrected chi connectivity index (χ0v) is 13.0. The lowest BCUT2D eigenvalue weighted by Gasteiger charge is -2.04. The number of Topliss-reactive ketones (excluding diaryl/α,β-unsaturated/α-hetero) is 2. The first-order chi connectivity index (χ1) is 10.9. The molecule has 0 N–H and O–H groups in total. The maximum atomic E-state index is 12.2. The standard InChI is InChI=1S/C18H17NO4/c1-12-9-13(2)11-15(10-12)18(21)8-7-17(20)14-3-5-16(6-4-14)19(22)23/h3-6,9-11H,7-8H2,1-2H3. The highest BCUT2D eigenvalue weighted by atomic mass is 16.6. The van der Waals surface area contributed by atoms with Crippen molar-refractivity contribution in [3.8, 4) is 0 Å². The van der Waals surface area contributed by atoms with Gasteiger partial charge < -0.3 is 0 Å². The molecule has 0 spiro atoms. The quantitative estimate of drug-likeness (QED) is 0.458. The minimum absolute atomic E-state index is 0.0622. The number of nitro benzene ring substituents is 1. The summed E-state index contributed by atoms with van der Waals surface area (Å²) in [5.41, 5.74) is 2.95. The number of non-ortho nitro benzene ring substituents is 1. The van der Waals surface area contributed by atoms with E-state index in [0.717, 1.165) is 11.1 Å². The number of carbonyl (C=O) groups excluding carboxylic acids is 2. The van der Waals surface area contributed by atoms with Crippen molar-refractivity contribution in [1.29, 1.82) is 0 Å². The maximum Gasteiger partial charge on any atom is 0.269 e. The summed E-state index contributed by atoms with van der Waals surface area (Å²) in [7, 11) is 0. The van der Waals surface area contributed by atoms with E-state index in [1.807, 2.05) is 32.0 Å². The summed E-state index contributed by atoms with van der Waals surface area (Å²) in [4.78, 5) is 34.3. The van der Waals surface area contributed by atoms with E-state index in [1.54, 1.807) is 0 Å². The molecule has 0 aliphatic heterocycles. The van der Waals surface area contributed by atoms with Gasteiger partial charge in [-0.3, -0.25) is 19.7 Å². The molecular weight excluding hydrogens is 294 g/mol. The number of ketones is 2. The third-order valence-corrected chi connectivity index (χ3v) is 3.52. The number of nitro groups is 1. The average Bonchev–Trinajstić information content (AvgIpc) is 2.51. The van der Waals surface area contributed by atoms with E-state index < -0.39 is 4.92 Å². The Morgan fingerprint density at radius 1 is 0.870 bits per heavy atom. The first-order valence-corrected chi connectivity index (χ1v) is 7.26. The molecule has 0 heterocycles. The van der Waals surface area contributed by atoms with Gasteiger partial charge in [-0.15, -0.1) is 0 Å². The van der Waals surface area contributed by atoms with Gasteiger partial charge in [-0.1, -0.05) is 17.2 Å². The third kappa shape index (κ3) is 4.32. The molecule has 118 valence electrons. The minimum atomic E-state index is -0.516. The van der Waals surface area contributed by atoms with Crippen molar-refractivity contribution >= 4 is 17.3 Å². The molecule has 0 fully saturated rings. The molecule has 0 unspecified atom stereocenters. The van der Waals surface area contributed by atoms with E-state index in [2.05, 4.69) is 0 Å². The molecule has 0 amide bonds. The molecule has 0 saturated carbocycles. The Hall–Kier alpha value is -2.82. The van der Waals surface area contributed by atoms with Gasteiger partial charge >= 0.3 is 0 Å². The van der Waals surface area contributed by atoms with Crippen LogP contribution in [0.25, 0.3) is 0 Å². The van der Waals surface area contributed by atoms with Crippen molar-refractivity contribution < 1.29 is 14.5 Å². The van der Waals surface area contributed by atoms with Gasteiger partial charge in [0.15, 0.2) is 11.6 Å². The second-order valence-corrected chi connectivity index (χ2v) is 5.53. The van der Waals surface area contributed by atoms with Crippen LogP contribution in [0.5, 0.6) is 0 Å². The van der Waals surface area contributed by atoms with E-state index in [9.17, 15) is 19.7 Å². The lowest BCUT2D eigenvalue weighted by Crippen LogP contribution is -2.06. The fourth-order valence-corrected chi connectivity index (χ4v) is 2.42. The van der Waals surface area contributed by atoms with Crippen molar-refractivity contribution in [3.05, 3.63) is 74.8 Å². The summed E-state index contributed by atoms with van der Waals surface area (Å²) in [6, 6.07) is 11.0. The van der Waals surface area contributed by atoms with Crippen LogP contribution in [0, 0.1) is 24.0 Å². The molecule has 2 rings (SSSR count). The summed E-state index contributed by atoms with van der Waals surface area (Å²) in [6.45, 7) is 3.84. The molecule has 0 atom stereocenters. The Kier molecular flexibility index (Phi) is 5.01. The molecule has 0 bridgehead atoms. The van der Waals surface area contributed by atoms with Crippen molar-refractivity contribution in [3.63, 3.8) is 0 Å². The van der Waals surface area contributed by atoms with Crippen molar-refractivity contribution in [2.75, 3.05) is 0 Å². The minimum Gasteiger partial charge on any atom is -0.294 e. The summed E-state index contributed by atoms with van der Waals surface area (Å²) < 4.78 is 0. The van der Waals surface area contributed by atoms with Crippen molar-refractivity contribution in [2.24, 2.45) is 0 Å². The smallest absolute Gasteiger partial charge is 0.269 e. The first-order valence-electron chi connectivity index (χ1n) is 7.26. The SMILES string of the molecule is Cc1cc(C)cc(C(=O)CCC(=O)c2ccc([N+](=O)[O-])cc2)c1. The molecule has 0 aromatic heterocycles. The lowest BCUT2D eigenvalue weighted by atomic mass is 9.99. The van der Waals surface area contributed by atoms with E-state index in [1.165, 1.54) is 24.3 Å². The van der Waals surface area contributed by atoms with Crippen LogP contribution in [0.4, 0.5) is 5.69 Å². The Labute approximate surface area is 134 Å². The van der Waals surface area contributed by atoms with Gasteiger partial charge in [-0.2, -0.15) is 0 Å². The monoisotopic (exact) mass is 311 g/mol. The predicted octanol–water partition coefficient (Wildman–Crippen LogP) is 4.06. The molecule has 2 aromatic carbocycles. The van der Waals surface area contributed by atoms with Crippen LogP contribution in [0.2, 0.25) is 0 Å². The summed E-state index contributed by atoms with van der Waals surface area (Å²) >= 11 is 0. The van der Waals surface area contributed by atoms with Gasteiger partial charge in [0, 0.05) is 36.1 Å². The van der Waals surface area contributed by atoms with Crippen molar-refractivity contribution in [1.82, 2.24) is 0 Å². The molecule has 5 heteroatoms. The van der Waals surface area contributed by atoms with Crippen LogP contribution in [0.1, 0.15) is 44.7 Å². The van der Waals surface area contributed by atoms with Gasteiger partial charge in [-0.05, 0) is 38.1 Å². The molecule has 5 nitrogen and oxygen atoms in total. The largest absolute Gasteiger partial charge is 0.294 e. The van der Waals surface area contributed by atoms with Gasteiger partial charge in [-0.25, -0.2) is 0 Å². The molecule has 23 heavy (non-hydrogen) atoms. The molecule has 0 aliphatic carbocycles. The maximum absolute atomic E-state index is 12.2. The highest BCUT2D eigenvalue weighted by Crippen LogP contribution is 2.16. The van der Waals surface area contributed by atoms with Crippen LogP contribution < -0.4 is 0 Å². The van der Waals surface area contributed by atoms with Gasteiger partial charge in [0.05, 0.1) is 4.92 Å². The number of rotatable bonds is 6. The Morgan fingerprint density at radius 2 is 1.35 bits per heavy atom. The highest BCUT2D eigenvalue weighted by Gasteiger charge is 2.13. The molecule has 0 aliphatic rings. The second kappa shape index (κ2) is 6.96. The molecule has 0 radical (unpaired) electrons. The van der Waals surface area contributed by atoms with Crippen LogP contribution in [0.15, 0.2) is 42.5 Å². The molecular formula is C18H17NO4. The van der Waals surface area contributed by atoms with E-state index in [0.29, 0.717) is 11.1 Å². The molecule has 2 aromatic rings. The number of hydrogen-bond acceptors (Lipinski definition) is 4. The zero-order chi connectivity index (χ0) is 17.0. The highest BCUT2D eigenvalue weighted by molar-refractivity contribution is 6.02. The number of benzene rings is 2. The van der Waals surface area contributed by atoms with E-state index >= 15 is 0 Å².